The minimum Gasteiger partial charge on any atom is -0.368 e. The summed E-state index contributed by atoms with van der Waals surface area (Å²) in [7, 11) is 3.64. The molecule has 2 unspecified atom stereocenters. The number of nitrogens with two attached hydrogens (primary N) is 1. The third-order valence-corrected chi connectivity index (χ3v) is 5.25. The molecule has 0 aliphatic carbocycles. The van der Waals surface area contributed by atoms with Crippen LogP contribution in [-0.4, -0.2) is 61.2 Å². The third-order valence-electron chi connectivity index (χ3n) is 5.25. The number of carbonyl (C=O) groups excluding carboxylic acids is 3. The van der Waals surface area contributed by atoms with E-state index in [0.717, 1.165) is 18.2 Å². The number of anilines is 2. The van der Waals surface area contributed by atoms with Gasteiger partial charge in [0.2, 0.25) is 5.91 Å². The van der Waals surface area contributed by atoms with Gasteiger partial charge in [-0.05, 0) is 63.0 Å². The zero-order valence-electron chi connectivity index (χ0n) is 18.1. The first kappa shape index (κ1) is 23.8. The smallest absolute Gasteiger partial charge is 0.255 e. The Morgan fingerprint density at radius 2 is 1.82 bits per heavy atom. The molecule has 3 rings (SSSR count). The normalized spacial score (nSPS) is 19.2. The first-order valence-electron chi connectivity index (χ1n) is 10.0. The van der Waals surface area contributed by atoms with Gasteiger partial charge in [-0.15, -0.1) is 0 Å². The van der Waals surface area contributed by atoms with Gasteiger partial charge < -0.3 is 26.6 Å². The average Bonchev–Trinajstić information content (AvgIpc) is 3.20. The van der Waals surface area contributed by atoms with Crippen molar-refractivity contribution in [3.63, 3.8) is 0 Å². The van der Waals surface area contributed by atoms with Crippen molar-refractivity contribution in [2.45, 2.75) is 18.0 Å². The molecule has 0 spiro atoms. The molecule has 5 N–H and O–H groups in total. The Hall–Kier alpha value is -3.86. The van der Waals surface area contributed by atoms with Gasteiger partial charge in [-0.25, -0.2) is 8.78 Å². The number of rotatable bonds is 8. The van der Waals surface area contributed by atoms with Crippen molar-refractivity contribution in [1.82, 2.24) is 10.2 Å². The van der Waals surface area contributed by atoms with Crippen LogP contribution in [0.25, 0.3) is 0 Å². The zero-order valence-corrected chi connectivity index (χ0v) is 18.1. The second kappa shape index (κ2) is 9.74. The van der Waals surface area contributed by atoms with Crippen molar-refractivity contribution >= 4 is 35.4 Å². The Morgan fingerprint density at radius 3 is 2.42 bits per heavy atom. The highest BCUT2D eigenvalue weighted by atomic mass is 19.1. The Balaban J connectivity index is 1.71. The highest BCUT2D eigenvalue weighted by Crippen LogP contribution is 2.25. The maximum Gasteiger partial charge on any atom is 0.255 e. The second-order valence-electron chi connectivity index (χ2n) is 7.86. The fourth-order valence-corrected chi connectivity index (χ4v) is 3.36. The van der Waals surface area contributed by atoms with Crippen LogP contribution in [0.4, 0.5) is 20.2 Å². The van der Waals surface area contributed by atoms with Gasteiger partial charge in [0.25, 0.3) is 11.8 Å². The van der Waals surface area contributed by atoms with Crippen LogP contribution in [0.5, 0.6) is 0 Å². The minimum atomic E-state index is -1.41. The van der Waals surface area contributed by atoms with Gasteiger partial charge in [0, 0.05) is 17.8 Å². The predicted octanol–water partition coefficient (Wildman–Crippen LogP) is 1.33. The van der Waals surface area contributed by atoms with E-state index >= 15 is 0 Å². The molecular formula is C22H24F2N6O3. The quantitative estimate of drug-likeness (QED) is 0.474. The molecule has 0 bridgehead atoms. The van der Waals surface area contributed by atoms with Crippen LogP contribution < -0.4 is 21.7 Å². The zero-order chi connectivity index (χ0) is 24.2. The van der Waals surface area contributed by atoms with E-state index in [1.165, 1.54) is 30.6 Å². The van der Waals surface area contributed by atoms with E-state index in [1.807, 2.05) is 19.0 Å². The molecule has 1 aliphatic heterocycles. The van der Waals surface area contributed by atoms with Crippen LogP contribution >= 0.6 is 0 Å². The van der Waals surface area contributed by atoms with Crippen molar-refractivity contribution in [1.29, 1.82) is 0 Å². The summed E-state index contributed by atoms with van der Waals surface area (Å²) in [6.45, 7) is 0.472. The fraction of sp³-hybridized carbons (Fsp3) is 0.273. The highest BCUT2D eigenvalue weighted by molar-refractivity contribution is 6.06. The maximum absolute atomic E-state index is 14.6. The number of halogens is 2. The molecule has 2 aromatic carbocycles. The van der Waals surface area contributed by atoms with E-state index in [4.69, 9.17) is 5.73 Å². The second-order valence-corrected chi connectivity index (χ2v) is 7.86. The first-order valence-corrected chi connectivity index (χ1v) is 10.0. The Labute approximate surface area is 189 Å². The molecular weight excluding hydrogens is 434 g/mol. The number of carbonyl (C=O) groups is 3. The summed E-state index contributed by atoms with van der Waals surface area (Å²) in [5.74, 6) is -3.29. The number of aliphatic imine (C=N–C) groups is 1. The Kier molecular flexibility index (Phi) is 7.02. The Bertz CT molecular complexity index is 1090. The van der Waals surface area contributed by atoms with Crippen LogP contribution in [0.1, 0.15) is 16.8 Å². The van der Waals surface area contributed by atoms with Gasteiger partial charge in [0.05, 0.1) is 12.0 Å². The standard InChI is InChI=1S/C22H24F2N6O3/c1-30(2)10-9-22(21(25)33)18(26-12-27-22)20(32)28-15-7-8-17(16(24)11-15)29-19(31)13-3-5-14(23)6-4-13/h3-8,11-12,18H,9-10H2,1-2H3,(H2,25,33)(H,26,27)(H,28,32)(H,29,31). The summed E-state index contributed by atoms with van der Waals surface area (Å²) in [5.41, 5.74) is 4.31. The van der Waals surface area contributed by atoms with Crippen LogP contribution in [0.15, 0.2) is 47.5 Å². The molecule has 2 aromatic rings. The van der Waals surface area contributed by atoms with E-state index in [1.54, 1.807) is 0 Å². The summed E-state index contributed by atoms with van der Waals surface area (Å²) >= 11 is 0. The lowest BCUT2D eigenvalue weighted by molar-refractivity contribution is -0.129. The topological polar surface area (TPSA) is 129 Å². The fourth-order valence-electron chi connectivity index (χ4n) is 3.36. The van der Waals surface area contributed by atoms with Gasteiger partial charge >= 0.3 is 0 Å². The van der Waals surface area contributed by atoms with Crippen molar-refractivity contribution in [3.8, 4) is 0 Å². The SMILES string of the molecule is CN(C)CCC1(C(N)=O)NC=NC1C(=O)Nc1ccc(NC(=O)c2ccc(F)cc2)c(F)c1. The van der Waals surface area contributed by atoms with Gasteiger partial charge in [0.15, 0.2) is 6.04 Å². The lowest BCUT2D eigenvalue weighted by Gasteiger charge is -2.31. The van der Waals surface area contributed by atoms with Crippen LogP contribution in [-0.2, 0) is 9.59 Å². The van der Waals surface area contributed by atoms with Crippen molar-refractivity contribution in [2.75, 3.05) is 31.3 Å². The molecule has 0 fully saturated rings. The average molecular weight is 458 g/mol. The number of amides is 3. The van der Waals surface area contributed by atoms with E-state index in [9.17, 15) is 23.2 Å². The van der Waals surface area contributed by atoms with Gasteiger partial charge in [-0.2, -0.15) is 0 Å². The van der Waals surface area contributed by atoms with E-state index < -0.39 is 40.9 Å². The van der Waals surface area contributed by atoms with Gasteiger partial charge in [-0.1, -0.05) is 0 Å². The van der Waals surface area contributed by atoms with Crippen molar-refractivity contribution in [3.05, 3.63) is 59.7 Å². The van der Waals surface area contributed by atoms with Crippen molar-refractivity contribution in [2.24, 2.45) is 10.7 Å². The number of hydrogen-bond donors (Lipinski definition) is 4. The minimum absolute atomic E-state index is 0.102. The molecule has 3 amide bonds. The summed E-state index contributed by atoms with van der Waals surface area (Å²) in [5, 5.41) is 7.72. The predicted molar refractivity (Wildman–Crippen MR) is 120 cm³/mol. The molecule has 2 atom stereocenters. The molecule has 0 aromatic heterocycles. The van der Waals surface area contributed by atoms with Crippen molar-refractivity contribution < 1.29 is 23.2 Å². The largest absolute Gasteiger partial charge is 0.368 e. The molecule has 174 valence electrons. The summed E-state index contributed by atoms with van der Waals surface area (Å²) < 4.78 is 27.6. The first-order chi connectivity index (χ1) is 15.6. The number of nitrogens with one attached hydrogen (secondary N) is 3. The number of hydrogen-bond acceptors (Lipinski definition) is 6. The van der Waals surface area contributed by atoms with E-state index in [0.29, 0.717) is 6.54 Å². The third kappa shape index (κ3) is 5.32. The highest BCUT2D eigenvalue weighted by Gasteiger charge is 2.50. The number of primary amides is 1. The molecule has 0 saturated carbocycles. The maximum atomic E-state index is 14.6. The molecule has 1 aliphatic rings. The molecule has 11 heteroatoms. The van der Waals surface area contributed by atoms with E-state index in [-0.39, 0.29) is 23.4 Å². The lowest BCUT2D eigenvalue weighted by atomic mass is 9.86. The van der Waals surface area contributed by atoms with E-state index in [2.05, 4.69) is 20.9 Å². The van der Waals surface area contributed by atoms with Gasteiger partial charge in [0.1, 0.15) is 17.2 Å². The summed E-state index contributed by atoms with van der Waals surface area (Å²) in [4.78, 5) is 43.2. The molecule has 0 radical (unpaired) electrons. The number of nitrogens with zero attached hydrogens (tertiary/aromatic N) is 2. The summed E-state index contributed by atoms with van der Waals surface area (Å²) in [6, 6.07) is 7.33. The lowest BCUT2D eigenvalue weighted by Crippen LogP contribution is -2.62. The molecule has 9 nitrogen and oxygen atoms in total. The molecule has 33 heavy (non-hydrogen) atoms. The van der Waals surface area contributed by atoms with Crippen LogP contribution in [0, 0.1) is 11.6 Å². The van der Waals surface area contributed by atoms with Gasteiger partial charge in [-0.3, -0.25) is 19.4 Å². The van der Waals surface area contributed by atoms with Crippen LogP contribution in [0.3, 0.4) is 0 Å². The summed E-state index contributed by atoms with van der Waals surface area (Å²) in [6.07, 6.45) is 1.50. The Morgan fingerprint density at radius 1 is 1.12 bits per heavy atom. The molecule has 1 heterocycles. The molecule has 0 saturated heterocycles. The monoisotopic (exact) mass is 458 g/mol. The van der Waals surface area contributed by atoms with Crippen LogP contribution in [0.2, 0.25) is 0 Å². The number of benzene rings is 2.